The Labute approximate surface area is 95.3 Å². The number of hydrogen-bond donors (Lipinski definition) is 0. The Morgan fingerprint density at radius 2 is 1.80 bits per heavy atom. The van der Waals surface area contributed by atoms with Gasteiger partial charge in [-0.1, -0.05) is 34.6 Å². The third-order valence-electron chi connectivity index (χ3n) is 2.72. The first-order valence-electron chi connectivity index (χ1n) is 5.84. The maximum atomic E-state index is 9.00. The van der Waals surface area contributed by atoms with E-state index in [2.05, 4.69) is 52.6 Å². The molecule has 1 atom stereocenters. The molecule has 88 valence electrons. The summed E-state index contributed by atoms with van der Waals surface area (Å²) in [5.41, 5.74) is 0.383. The zero-order chi connectivity index (χ0) is 12.1. The van der Waals surface area contributed by atoms with Crippen molar-refractivity contribution in [1.29, 1.82) is 5.26 Å². The summed E-state index contributed by atoms with van der Waals surface area (Å²) >= 11 is 0. The summed E-state index contributed by atoms with van der Waals surface area (Å²) in [6, 6.07) is 2.39. The van der Waals surface area contributed by atoms with Crippen LogP contribution in [0.15, 0.2) is 0 Å². The van der Waals surface area contributed by atoms with E-state index in [9.17, 15) is 0 Å². The normalized spacial score (nSPS) is 14.3. The summed E-state index contributed by atoms with van der Waals surface area (Å²) in [7, 11) is 2.11. The van der Waals surface area contributed by atoms with Crippen molar-refractivity contribution in [2.45, 2.75) is 41.0 Å². The van der Waals surface area contributed by atoms with Crippen molar-refractivity contribution in [2.75, 3.05) is 20.1 Å². The molecule has 0 bridgehead atoms. The fourth-order valence-electron chi connectivity index (χ4n) is 1.35. The smallest absolute Gasteiger partial charge is 0.0671 e. The SMILES string of the molecule is CC(C)C(C#N)CN(C)CCC(C)(C)C. The van der Waals surface area contributed by atoms with Gasteiger partial charge in [-0.25, -0.2) is 0 Å². The van der Waals surface area contributed by atoms with Crippen LogP contribution in [0.5, 0.6) is 0 Å². The van der Waals surface area contributed by atoms with Crippen LogP contribution >= 0.6 is 0 Å². The molecular weight excluding hydrogens is 184 g/mol. The second-order valence-corrected chi connectivity index (χ2v) is 6.05. The topological polar surface area (TPSA) is 27.0 Å². The molecule has 0 aromatic rings. The molecule has 0 spiro atoms. The minimum absolute atomic E-state index is 0.162. The van der Waals surface area contributed by atoms with Gasteiger partial charge in [0.15, 0.2) is 0 Å². The van der Waals surface area contributed by atoms with E-state index in [1.54, 1.807) is 0 Å². The minimum Gasteiger partial charge on any atom is -0.305 e. The van der Waals surface area contributed by atoms with Gasteiger partial charge in [-0.3, -0.25) is 0 Å². The second-order valence-electron chi connectivity index (χ2n) is 6.05. The van der Waals surface area contributed by atoms with Crippen molar-refractivity contribution in [1.82, 2.24) is 4.90 Å². The van der Waals surface area contributed by atoms with Crippen LogP contribution in [0.4, 0.5) is 0 Å². The molecule has 0 amide bonds. The van der Waals surface area contributed by atoms with Gasteiger partial charge in [0.1, 0.15) is 0 Å². The predicted octanol–water partition coefficient (Wildman–Crippen LogP) is 3.15. The Morgan fingerprint density at radius 3 is 2.13 bits per heavy atom. The van der Waals surface area contributed by atoms with Gasteiger partial charge in [-0.2, -0.15) is 5.26 Å². The molecule has 0 aromatic heterocycles. The maximum Gasteiger partial charge on any atom is 0.0671 e. The van der Waals surface area contributed by atoms with Crippen LogP contribution < -0.4 is 0 Å². The highest BCUT2D eigenvalue weighted by Gasteiger charge is 2.16. The highest BCUT2D eigenvalue weighted by Crippen LogP contribution is 2.19. The van der Waals surface area contributed by atoms with Gasteiger partial charge in [0, 0.05) is 6.54 Å². The van der Waals surface area contributed by atoms with Crippen LogP contribution in [-0.2, 0) is 0 Å². The van der Waals surface area contributed by atoms with Gasteiger partial charge in [-0.15, -0.1) is 0 Å². The zero-order valence-corrected chi connectivity index (χ0v) is 11.2. The van der Waals surface area contributed by atoms with E-state index in [0.29, 0.717) is 11.3 Å². The molecule has 0 aliphatic heterocycles. The van der Waals surface area contributed by atoms with Gasteiger partial charge in [-0.05, 0) is 31.3 Å². The standard InChI is InChI=1S/C13H26N2/c1-11(2)12(9-14)10-15(6)8-7-13(3,4)5/h11-12H,7-8,10H2,1-6H3. The Kier molecular flexibility index (Phi) is 5.90. The summed E-state index contributed by atoms with van der Waals surface area (Å²) in [4.78, 5) is 2.28. The maximum absolute atomic E-state index is 9.00. The number of nitrogens with zero attached hydrogens (tertiary/aromatic N) is 2. The third kappa shape index (κ3) is 7.39. The van der Waals surface area contributed by atoms with Crippen molar-refractivity contribution >= 4 is 0 Å². The van der Waals surface area contributed by atoms with E-state index in [0.717, 1.165) is 13.1 Å². The monoisotopic (exact) mass is 210 g/mol. The zero-order valence-electron chi connectivity index (χ0n) is 11.2. The van der Waals surface area contributed by atoms with Crippen LogP contribution in [0.1, 0.15) is 41.0 Å². The van der Waals surface area contributed by atoms with E-state index < -0.39 is 0 Å². The summed E-state index contributed by atoms with van der Waals surface area (Å²) in [5, 5.41) is 9.00. The van der Waals surface area contributed by atoms with Gasteiger partial charge in [0.05, 0.1) is 12.0 Å². The molecule has 0 aromatic carbocycles. The van der Waals surface area contributed by atoms with E-state index in [4.69, 9.17) is 5.26 Å². The van der Waals surface area contributed by atoms with Crippen LogP contribution in [0.2, 0.25) is 0 Å². The fourth-order valence-corrected chi connectivity index (χ4v) is 1.35. The highest BCUT2D eigenvalue weighted by atomic mass is 15.1. The molecule has 0 N–H and O–H groups in total. The van der Waals surface area contributed by atoms with Gasteiger partial charge >= 0.3 is 0 Å². The molecule has 0 rings (SSSR count). The Morgan fingerprint density at radius 1 is 1.27 bits per heavy atom. The number of nitriles is 1. The Balaban J connectivity index is 3.93. The van der Waals surface area contributed by atoms with Crippen LogP contribution in [0.25, 0.3) is 0 Å². The van der Waals surface area contributed by atoms with Gasteiger partial charge in [0.2, 0.25) is 0 Å². The second kappa shape index (κ2) is 6.12. The van der Waals surface area contributed by atoms with Crippen molar-refractivity contribution < 1.29 is 0 Å². The molecule has 1 unspecified atom stereocenters. The molecule has 0 saturated carbocycles. The first-order valence-corrected chi connectivity index (χ1v) is 5.84. The van der Waals surface area contributed by atoms with Gasteiger partial charge < -0.3 is 4.90 Å². The Hall–Kier alpha value is -0.550. The highest BCUT2D eigenvalue weighted by molar-refractivity contribution is 4.87. The summed E-state index contributed by atoms with van der Waals surface area (Å²) < 4.78 is 0. The molecule has 0 radical (unpaired) electrons. The van der Waals surface area contributed by atoms with E-state index >= 15 is 0 Å². The van der Waals surface area contributed by atoms with Crippen molar-refractivity contribution in [3.05, 3.63) is 0 Å². The molecule has 0 aliphatic rings. The molecular formula is C13H26N2. The largest absolute Gasteiger partial charge is 0.305 e. The lowest BCUT2D eigenvalue weighted by Gasteiger charge is -2.26. The van der Waals surface area contributed by atoms with E-state index in [1.165, 1.54) is 6.42 Å². The van der Waals surface area contributed by atoms with Crippen molar-refractivity contribution in [2.24, 2.45) is 17.3 Å². The molecule has 15 heavy (non-hydrogen) atoms. The first-order chi connectivity index (χ1) is 6.76. The molecule has 2 heteroatoms. The van der Waals surface area contributed by atoms with Crippen molar-refractivity contribution in [3.63, 3.8) is 0 Å². The number of hydrogen-bond acceptors (Lipinski definition) is 2. The summed E-state index contributed by atoms with van der Waals surface area (Å²) in [6.45, 7) is 13.0. The lowest BCUT2D eigenvalue weighted by molar-refractivity contribution is 0.232. The average Bonchev–Trinajstić information content (AvgIpc) is 2.09. The van der Waals surface area contributed by atoms with E-state index in [1.807, 2.05) is 0 Å². The molecule has 0 saturated heterocycles. The molecule has 0 heterocycles. The number of rotatable bonds is 5. The quantitative estimate of drug-likeness (QED) is 0.697. The fraction of sp³-hybridized carbons (Fsp3) is 0.923. The average molecular weight is 210 g/mol. The van der Waals surface area contributed by atoms with Crippen LogP contribution in [0.3, 0.4) is 0 Å². The Bertz CT molecular complexity index is 208. The lowest BCUT2D eigenvalue weighted by Crippen LogP contribution is -2.30. The first kappa shape index (κ1) is 14.5. The molecule has 0 fully saturated rings. The van der Waals surface area contributed by atoms with Gasteiger partial charge in [0.25, 0.3) is 0 Å². The molecule has 2 nitrogen and oxygen atoms in total. The van der Waals surface area contributed by atoms with Crippen LogP contribution in [0, 0.1) is 28.6 Å². The van der Waals surface area contributed by atoms with Crippen LogP contribution in [-0.4, -0.2) is 25.0 Å². The lowest BCUT2D eigenvalue weighted by atomic mass is 9.91. The predicted molar refractivity (Wildman–Crippen MR) is 65.5 cm³/mol. The third-order valence-corrected chi connectivity index (χ3v) is 2.72. The van der Waals surface area contributed by atoms with E-state index in [-0.39, 0.29) is 5.92 Å². The summed E-state index contributed by atoms with van der Waals surface area (Å²) in [6.07, 6.45) is 1.18. The molecule has 0 aliphatic carbocycles. The van der Waals surface area contributed by atoms with Crippen molar-refractivity contribution in [3.8, 4) is 6.07 Å². The minimum atomic E-state index is 0.162. The summed E-state index contributed by atoms with van der Waals surface area (Å²) in [5.74, 6) is 0.613.